The molecule has 1 amide bonds. The molecule has 17 heavy (non-hydrogen) atoms. The summed E-state index contributed by atoms with van der Waals surface area (Å²) in [6.07, 6.45) is 1.46. The van der Waals surface area contributed by atoms with Gasteiger partial charge >= 0.3 is 0 Å². The molecule has 1 aromatic heterocycles. The summed E-state index contributed by atoms with van der Waals surface area (Å²) in [4.78, 5) is 23.2. The van der Waals surface area contributed by atoms with Gasteiger partial charge in [-0.3, -0.25) is 15.0 Å². The Bertz CT molecular complexity index is 402. The van der Waals surface area contributed by atoms with Gasteiger partial charge in [-0.1, -0.05) is 0 Å². The van der Waals surface area contributed by atoms with Crippen LogP contribution in [0.3, 0.4) is 0 Å². The molecule has 0 aliphatic carbocycles. The van der Waals surface area contributed by atoms with Crippen LogP contribution in [-0.4, -0.2) is 42.4 Å². The van der Waals surface area contributed by atoms with E-state index in [9.17, 15) is 9.59 Å². The van der Waals surface area contributed by atoms with Crippen molar-refractivity contribution >= 4 is 11.7 Å². The Kier molecular flexibility index (Phi) is 3.55. The maximum Gasteiger partial charge on any atom is 0.231 e. The summed E-state index contributed by atoms with van der Waals surface area (Å²) >= 11 is 0. The molecule has 1 fully saturated rings. The zero-order chi connectivity index (χ0) is 12.3. The number of piperazine rings is 1. The number of rotatable bonds is 3. The topological polar surface area (TPSA) is 74.6 Å². The summed E-state index contributed by atoms with van der Waals surface area (Å²) in [5.41, 5.74) is 2.67. The summed E-state index contributed by atoms with van der Waals surface area (Å²) in [6, 6.07) is 2.88. The van der Waals surface area contributed by atoms with Gasteiger partial charge in [0.05, 0.1) is 6.26 Å². The third kappa shape index (κ3) is 2.72. The average molecular weight is 237 g/mol. The predicted molar refractivity (Wildman–Crippen MR) is 60.2 cm³/mol. The van der Waals surface area contributed by atoms with Crippen LogP contribution in [0.4, 0.5) is 0 Å². The first-order valence-corrected chi connectivity index (χ1v) is 5.51. The number of furan rings is 1. The Labute approximate surface area is 98.9 Å². The molecule has 0 bridgehead atoms. The van der Waals surface area contributed by atoms with E-state index >= 15 is 0 Å². The molecule has 2 rings (SSSR count). The van der Waals surface area contributed by atoms with Crippen molar-refractivity contribution in [3.05, 3.63) is 24.2 Å². The molecule has 1 aliphatic rings. The van der Waals surface area contributed by atoms with Gasteiger partial charge in [0.1, 0.15) is 6.04 Å². The summed E-state index contributed by atoms with van der Waals surface area (Å²) < 4.78 is 5.09. The van der Waals surface area contributed by atoms with E-state index in [1.54, 1.807) is 17.1 Å². The second-order valence-corrected chi connectivity index (χ2v) is 3.92. The lowest BCUT2D eigenvalue weighted by atomic mass is 10.1. The van der Waals surface area contributed by atoms with Crippen molar-refractivity contribution in [2.75, 3.05) is 19.6 Å². The number of carbonyl (C=O) groups excluding carboxylic acids is 2. The minimum atomic E-state index is -0.418. The number of amides is 1. The molecule has 1 aromatic rings. The number of nitrogens with one attached hydrogen (secondary N) is 2. The van der Waals surface area contributed by atoms with Crippen molar-refractivity contribution in [1.82, 2.24) is 15.8 Å². The smallest absolute Gasteiger partial charge is 0.231 e. The number of hydrogen-bond acceptors (Lipinski definition) is 5. The highest BCUT2D eigenvalue weighted by Crippen LogP contribution is 2.10. The van der Waals surface area contributed by atoms with Crippen molar-refractivity contribution in [3.8, 4) is 0 Å². The minimum absolute atomic E-state index is 0.129. The number of hydrazine groups is 1. The molecular weight excluding hydrogens is 222 g/mol. The normalized spacial score (nSPS) is 21.1. The van der Waals surface area contributed by atoms with Gasteiger partial charge in [0, 0.05) is 26.6 Å². The number of hydrogen-bond donors (Lipinski definition) is 2. The second kappa shape index (κ2) is 5.11. The molecule has 2 N–H and O–H groups in total. The first kappa shape index (κ1) is 11.8. The molecule has 92 valence electrons. The molecule has 1 atom stereocenters. The Morgan fingerprint density at radius 2 is 2.41 bits per heavy atom. The third-order valence-electron chi connectivity index (χ3n) is 2.61. The van der Waals surface area contributed by atoms with Crippen molar-refractivity contribution in [3.63, 3.8) is 0 Å². The first-order valence-electron chi connectivity index (χ1n) is 5.51. The highest BCUT2D eigenvalue weighted by atomic mass is 16.3. The van der Waals surface area contributed by atoms with Crippen LogP contribution < -0.4 is 10.7 Å². The highest BCUT2D eigenvalue weighted by molar-refractivity contribution is 5.98. The first-order chi connectivity index (χ1) is 8.18. The van der Waals surface area contributed by atoms with Gasteiger partial charge in [-0.2, -0.15) is 0 Å². The van der Waals surface area contributed by atoms with E-state index in [1.807, 2.05) is 0 Å². The Morgan fingerprint density at radius 3 is 3.06 bits per heavy atom. The quantitative estimate of drug-likeness (QED) is 0.711. The number of Topliss-reactive ketones (excluding diaryl/α,β-unsaturated/α-hetero) is 1. The van der Waals surface area contributed by atoms with Crippen LogP contribution in [0.2, 0.25) is 0 Å². The van der Waals surface area contributed by atoms with Crippen LogP contribution in [0.25, 0.3) is 0 Å². The maximum atomic E-state index is 12.1. The molecule has 1 unspecified atom stereocenters. The molecular formula is C11H15N3O3. The molecule has 6 heteroatoms. The molecule has 6 nitrogen and oxygen atoms in total. The maximum absolute atomic E-state index is 12.1. The van der Waals surface area contributed by atoms with Crippen molar-refractivity contribution < 1.29 is 14.0 Å². The van der Waals surface area contributed by atoms with Gasteiger partial charge in [0.15, 0.2) is 5.76 Å². The van der Waals surface area contributed by atoms with E-state index in [0.29, 0.717) is 18.8 Å². The fourth-order valence-electron chi connectivity index (χ4n) is 1.86. The molecule has 0 aromatic carbocycles. The number of nitrogens with zero attached hydrogens (tertiary/aromatic N) is 1. The second-order valence-electron chi connectivity index (χ2n) is 3.92. The summed E-state index contributed by atoms with van der Waals surface area (Å²) in [5.74, 6) is 0.00847. The van der Waals surface area contributed by atoms with E-state index in [2.05, 4.69) is 10.7 Å². The zero-order valence-corrected chi connectivity index (χ0v) is 9.60. The van der Waals surface area contributed by atoms with Crippen LogP contribution in [0.5, 0.6) is 0 Å². The summed E-state index contributed by atoms with van der Waals surface area (Å²) in [6.45, 7) is 3.26. The Morgan fingerprint density at radius 1 is 1.59 bits per heavy atom. The van der Waals surface area contributed by atoms with E-state index in [0.717, 1.165) is 6.54 Å². The number of carbonyl (C=O) groups is 2. The van der Waals surface area contributed by atoms with Crippen molar-refractivity contribution in [2.45, 2.75) is 13.0 Å². The summed E-state index contributed by atoms with van der Waals surface area (Å²) in [7, 11) is 0. The lowest BCUT2D eigenvalue weighted by Crippen LogP contribution is -2.60. The van der Waals surface area contributed by atoms with Gasteiger partial charge in [-0.05, 0) is 12.1 Å². The van der Waals surface area contributed by atoms with E-state index in [4.69, 9.17) is 4.42 Å². The van der Waals surface area contributed by atoms with Crippen LogP contribution in [0.15, 0.2) is 22.8 Å². The number of ketones is 1. The van der Waals surface area contributed by atoms with E-state index in [-0.39, 0.29) is 11.7 Å². The Hall–Kier alpha value is -1.66. The molecule has 0 radical (unpaired) electrons. The van der Waals surface area contributed by atoms with Crippen LogP contribution in [-0.2, 0) is 4.79 Å². The lowest BCUT2D eigenvalue weighted by molar-refractivity contribution is -0.124. The highest BCUT2D eigenvalue weighted by Gasteiger charge is 2.31. The van der Waals surface area contributed by atoms with Gasteiger partial charge < -0.3 is 9.73 Å². The third-order valence-corrected chi connectivity index (χ3v) is 2.61. The predicted octanol–water partition coefficient (Wildman–Crippen LogP) is -0.213. The lowest BCUT2D eigenvalue weighted by Gasteiger charge is -2.34. The van der Waals surface area contributed by atoms with Crippen LogP contribution in [0.1, 0.15) is 17.5 Å². The molecule has 2 heterocycles. The van der Waals surface area contributed by atoms with E-state index < -0.39 is 6.04 Å². The standard InChI is InChI=1S/C11H15N3O3/c1-8(15)13-14-5-4-12-7-9(14)11(16)10-3-2-6-17-10/h2-3,6,9,12H,4-5,7H2,1H3,(H,13,15). The molecule has 1 aliphatic heterocycles. The van der Waals surface area contributed by atoms with Gasteiger partial charge in [-0.25, -0.2) is 5.01 Å². The molecule has 0 saturated carbocycles. The van der Waals surface area contributed by atoms with Gasteiger partial charge in [0.2, 0.25) is 11.7 Å². The molecule has 1 saturated heterocycles. The van der Waals surface area contributed by atoms with Crippen LogP contribution in [0, 0.1) is 0 Å². The SMILES string of the molecule is CC(=O)NN1CCNCC1C(=O)c1ccco1. The van der Waals surface area contributed by atoms with Gasteiger partial charge in [-0.15, -0.1) is 0 Å². The van der Waals surface area contributed by atoms with Crippen molar-refractivity contribution in [1.29, 1.82) is 0 Å². The fourth-order valence-corrected chi connectivity index (χ4v) is 1.86. The van der Waals surface area contributed by atoms with Crippen LogP contribution >= 0.6 is 0 Å². The minimum Gasteiger partial charge on any atom is -0.461 e. The van der Waals surface area contributed by atoms with Crippen molar-refractivity contribution in [2.24, 2.45) is 0 Å². The largest absolute Gasteiger partial charge is 0.461 e. The average Bonchev–Trinajstić information content (AvgIpc) is 2.81. The monoisotopic (exact) mass is 237 g/mol. The van der Waals surface area contributed by atoms with Gasteiger partial charge in [0.25, 0.3) is 0 Å². The Balaban J connectivity index is 2.10. The molecule has 0 spiro atoms. The summed E-state index contributed by atoms with van der Waals surface area (Å²) in [5, 5.41) is 4.78. The van der Waals surface area contributed by atoms with E-state index in [1.165, 1.54) is 13.2 Å². The zero-order valence-electron chi connectivity index (χ0n) is 9.60. The fraction of sp³-hybridized carbons (Fsp3) is 0.455.